The van der Waals surface area contributed by atoms with E-state index in [1.165, 1.54) is 31.2 Å². The molecule has 0 aliphatic heterocycles. The quantitative estimate of drug-likeness (QED) is 0.852. The number of rotatable bonds is 2. The molecular formula is C12H16BrN. The van der Waals surface area contributed by atoms with Gasteiger partial charge in [0.25, 0.3) is 0 Å². The molecule has 0 atom stereocenters. The van der Waals surface area contributed by atoms with Crippen LogP contribution in [0.4, 0.5) is 0 Å². The predicted octanol–water partition coefficient (Wildman–Crippen LogP) is 3.44. The SMILES string of the molecule is CNC1(c2ccc(Br)cc2)CCCC1. The molecule has 0 spiro atoms. The van der Waals surface area contributed by atoms with E-state index in [4.69, 9.17) is 0 Å². The summed E-state index contributed by atoms with van der Waals surface area (Å²) >= 11 is 3.47. The van der Waals surface area contributed by atoms with E-state index in [0.29, 0.717) is 0 Å². The van der Waals surface area contributed by atoms with Gasteiger partial charge in [-0.3, -0.25) is 0 Å². The third-order valence-electron chi connectivity index (χ3n) is 3.33. The van der Waals surface area contributed by atoms with Crippen LogP contribution in [0.25, 0.3) is 0 Å². The van der Waals surface area contributed by atoms with Gasteiger partial charge in [-0.25, -0.2) is 0 Å². The Morgan fingerprint density at radius 1 is 1.14 bits per heavy atom. The zero-order valence-corrected chi connectivity index (χ0v) is 10.1. The van der Waals surface area contributed by atoms with Crippen LogP contribution in [0.1, 0.15) is 31.2 Å². The average molecular weight is 254 g/mol. The first kappa shape index (κ1) is 10.2. The summed E-state index contributed by atoms with van der Waals surface area (Å²) in [5, 5.41) is 3.50. The molecule has 0 heterocycles. The number of halogens is 1. The van der Waals surface area contributed by atoms with Crippen LogP contribution in [0.15, 0.2) is 28.7 Å². The molecule has 1 aliphatic carbocycles. The van der Waals surface area contributed by atoms with Gasteiger partial charge in [0.2, 0.25) is 0 Å². The summed E-state index contributed by atoms with van der Waals surface area (Å²) in [5.74, 6) is 0. The lowest BCUT2D eigenvalue weighted by Crippen LogP contribution is -2.36. The zero-order chi connectivity index (χ0) is 10.0. The lowest BCUT2D eigenvalue weighted by molar-refractivity contribution is 0.372. The van der Waals surface area contributed by atoms with Gasteiger partial charge in [0.1, 0.15) is 0 Å². The number of hydrogen-bond donors (Lipinski definition) is 1. The smallest absolute Gasteiger partial charge is 0.0432 e. The molecule has 0 radical (unpaired) electrons. The maximum atomic E-state index is 3.50. The third kappa shape index (κ3) is 1.73. The van der Waals surface area contributed by atoms with Crippen LogP contribution in [0, 0.1) is 0 Å². The fraction of sp³-hybridized carbons (Fsp3) is 0.500. The molecule has 1 aromatic rings. The van der Waals surface area contributed by atoms with Crippen molar-refractivity contribution in [3.05, 3.63) is 34.3 Å². The maximum Gasteiger partial charge on any atom is 0.0432 e. The van der Waals surface area contributed by atoms with Gasteiger partial charge in [-0.05, 0) is 37.6 Å². The van der Waals surface area contributed by atoms with E-state index in [2.05, 4.69) is 52.6 Å². The number of benzene rings is 1. The largest absolute Gasteiger partial charge is 0.310 e. The molecule has 1 saturated carbocycles. The second kappa shape index (κ2) is 4.03. The molecule has 2 rings (SSSR count). The van der Waals surface area contributed by atoms with Gasteiger partial charge >= 0.3 is 0 Å². The van der Waals surface area contributed by atoms with Gasteiger partial charge in [-0.15, -0.1) is 0 Å². The highest BCUT2D eigenvalue weighted by Gasteiger charge is 2.33. The third-order valence-corrected chi connectivity index (χ3v) is 3.86. The molecule has 0 saturated heterocycles. The van der Waals surface area contributed by atoms with Crippen LogP contribution >= 0.6 is 15.9 Å². The molecule has 0 bridgehead atoms. The van der Waals surface area contributed by atoms with Crippen molar-refractivity contribution < 1.29 is 0 Å². The second-order valence-corrected chi connectivity index (χ2v) is 4.96. The van der Waals surface area contributed by atoms with E-state index in [1.807, 2.05) is 0 Å². The maximum absolute atomic E-state index is 3.50. The molecular weight excluding hydrogens is 238 g/mol. The van der Waals surface area contributed by atoms with Crippen LogP contribution in [0.5, 0.6) is 0 Å². The minimum Gasteiger partial charge on any atom is -0.310 e. The minimum absolute atomic E-state index is 0.251. The van der Waals surface area contributed by atoms with Crippen molar-refractivity contribution in [1.82, 2.24) is 5.32 Å². The molecule has 1 nitrogen and oxygen atoms in total. The van der Waals surface area contributed by atoms with Crippen molar-refractivity contribution in [3.8, 4) is 0 Å². The average Bonchev–Trinajstić information content (AvgIpc) is 2.68. The Morgan fingerprint density at radius 3 is 2.21 bits per heavy atom. The molecule has 2 heteroatoms. The predicted molar refractivity (Wildman–Crippen MR) is 63.3 cm³/mol. The first-order valence-electron chi connectivity index (χ1n) is 5.22. The molecule has 1 N–H and O–H groups in total. The van der Waals surface area contributed by atoms with Crippen molar-refractivity contribution in [2.45, 2.75) is 31.2 Å². The molecule has 14 heavy (non-hydrogen) atoms. The lowest BCUT2D eigenvalue weighted by atomic mass is 9.88. The Balaban J connectivity index is 2.31. The molecule has 1 aliphatic rings. The van der Waals surface area contributed by atoms with Crippen LogP contribution in [0.3, 0.4) is 0 Å². The van der Waals surface area contributed by atoms with Crippen molar-refractivity contribution >= 4 is 15.9 Å². The van der Waals surface area contributed by atoms with Crippen LogP contribution in [0.2, 0.25) is 0 Å². The van der Waals surface area contributed by atoms with Gasteiger partial charge in [-0.1, -0.05) is 40.9 Å². The van der Waals surface area contributed by atoms with Crippen molar-refractivity contribution in [1.29, 1.82) is 0 Å². The van der Waals surface area contributed by atoms with E-state index >= 15 is 0 Å². The van der Waals surface area contributed by atoms with Crippen molar-refractivity contribution in [3.63, 3.8) is 0 Å². The van der Waals surface area contributed by atoms with Crippen LogP contribution < -0.4 is 5.32 Å². The first-order chi connectivity index (χ1) is 6.77. The summed E-state index contributed by atoms with van der Waals surface area (Å²) in [4.78, 5) is 0. The van der Waals surface area contributed by atoms with Crippen molar-refractivity contribution in [2.24, 2.45) is 0 Å². The van der Waals surface area contributed by atoms with Gasteiger partial charge in [0.05, 0.1) is 0 Å². The standard InChI is InChI=1S/C12H16BrN/c1-14-12(8-2-3-9-12)10-4-6-11(13)7-5-10/h4-7,14H,2-3,8-9H2,1H3. The highest BCUT2D eigenvalue weighted by molar-refractivity contribution is 9.10. The van der Waals surface area contributed by atoms with Gasteiger partial charge < -0.3 is 5.32 Å². The van der Waals surface area contributed by atoms with E-state index in [1.54, 1.807) is 0 Å². The van der Waals surface area contributed by atoms with E-state index in [0.717, 1.165) is 4.47 Å². The van der Waals surface area contributed by atoms with E-state index in [-0.39, 0.29) is 5.54 Å². The summed E-state index contributed by atoms with van der Waals surface area (Å²) in [6.45, 7) is 0. The molecule has 1 aromatic carbocycles. The topological polar surface area (TPSA) is 12.0 Å². The first-order valence-corrected chi connectivity index (χ1v) is 6.01. The minimum atomic E-state index is 0.251. The molecule has 0 aromatic heterocycles. The summed E-state index contributed by atoms with van der Waals surface area (Å²) in [6, 6.07) is 8.72. The molecule has 0 unspecified atom stereocenters. The Morgan fingerprint density at radius 2 is 1.71 bits per heavy atom. The van der Waals surface area contributed by atoms with E-state index in [9.17, 15) is 0 Å². The van der Waals surface area contributed by atoms with Crippen LogP contribution in [-0.4, -0.2) is 7.05 Å². The van der Waals surface area contributed by atoms with Crippen molar-refractivity contribution in [2.75, 3.05) is 7.05 Å². The monoisotopic (exact) mass is 253 g/mol. The summed E-state index contributed by atoms with van der Waals surface area (Å²) in [7, 11) is 2.08. The van der Waals surface area contributed by atoms with E-state index < -0.39 is 0 Å². The fourth-order valence-electron chi connectivity index (χ4n) is 2.43. The van der Waals surface area contributed by atoms with Gasteiger partial charge in [0.15, 0.2) is 0 Å². The molecule has 1 fully saturated rings. The normalized spacial score (nSPS) is 19.9. The lowest BCUT2D eigenvalue weighted by Gasteiger charge is -2.29. The number of hydrogen-bond acceptors (Lipinski definition) is 1. The molecule has 76 valence electrons. The number of nitrogens with one attached hydrogen (secondary N) is 1. The summed E-state index contributed by atoms with van der Waals surface area (Å²) in [5.41, 5.74) is 1.68. The van der Waals surface area contributed by atoms with Gasteiger partial charge in [0, 0.05) is 10.0 Å². The Hall–Kier alpha value is -0.340. The second-order valence-electron chi connectivity index (χ2n) is 4.05. The van der Waals surface area contributed by atoms with Gasteiger partial charge in [-0.2, -0.15) is 0 Å². The Bertz CT molecular complexity index is 299. The Kier molecular flexibility index (Phi) is 2.93. The Labute approximate surface area is 94.0 Å². The highest BCUT2D eigenvalue weighted by Crippen LogP contribution is 2.38. The molecule has 0 amide bonds. The van der Waals surface area contributed by atoms with Crippen LogP contribution in [-0.2, 0) is 5.54 Å². The zero-order valence-electron chi connectivity index (χ0n) is 8.52. The highest BCUT2D eigenvalue weighted by atomic mass is 79.9. The summed E-state index contributed by atoms with van der Waals surface area (Å²) in [6.07, 6.45) is 5.23. The fourth-order valence-corrected chi connectivity index (χ4v) is 2.69. The summed E-state index contributed by atoms with van der Waals surface area (Å²) < 4.78 is 1.16.